The highest BCUT2D eigenvalue weighted by molar-refractivity contribution is 5.98. The Morgan fingerprint density at radius 3 is 2.20 bits per heavy atom. The lowest BCUT2D eigenvalue weighted by molar-refractivity contribution is 0.853. The number of benzene rings is 2. The molecule has 0 atom stereocenters. The van der Waals surface area contributed by atoms with Gasteiger partial charge in [-0.15, -0.1) is 0 Å². The maximum atomic E-state index is 12.9. The molecule has 2 aromatic carbocycles. The molecule has 2 heterocycles. The Morgan fingerprint density at radius 1 is 0.960 bits per heavy atom. The van der Waals surface area contributed by atoms with Crippen molar-refractivity contribution in [3.8, 4) is 12.1 Å². The maximum absolute atomic E-state index is 12.9. The predicted molar refractivity (Wildman–Crippen MR) is 94.3 cm³/mol. The third-order valence-electron chi connectivity index (χ3n) is 4.57. The second-order valence-electron chi connectivity index (χ2n) is 6.20. The smallest absolute Gasteiger partial charge is 0.261 e. The first-order chi connectivity index (χ1) is 12.0. The van der Waals surface area contributed by atoms with Gasteiger partial charge >= 0.3 is 0 Å². The van der Waals surface area contributed by atoms with E-state index in [1.54, 1.807) is 35.8 Å². The lowest BCUT2D eigenvalue weighted by Crippen LogP contribution is -2.20. The van der Waals surface area contributed by atoms with Gasteiger partial charge in [0.15, 0.2) is 0 Å². The highest BCUT2D eigenvalue weighted by Crippen LogP contribution is 2.27. The van der Waals surface area contributed by atoms with Gasteiger partial charge in [0, 0.05) is 12.4 Å². The zero-order valence-corrected chi connectivity index (χ0v) is 14.0. The van der Waals surface area contributed by atoms with Gasteiger partial charge < -0.3 is 0 Å². The molecule has 0 saturated carbocycles. The first kappa shape index (κ1) is 14.9. The Morgan fingerprint density at radius 2 is 1.56 bits per heavy atom. The van der Waals surface area contributed by atoms with Crippen molar-refractivity contribution in [2.75, 3.05) is 0 Å². The first-order valence-corrected chi connectivity index (χ1v) is 7.73. The fraction of sp³-hybridized carbons (Fsp3) is 0.158. The summed E-state index contributed by atoms with van der Waals surface area (Å²) in [5.41, 5.74) is 4.55. The van der Waals surface area contributed by atoms with E-state index < -0.39 is 0 Å². The molecule has 2 aromatic heterocycles. The summed E-state index contributed by atoms with van der Waals surface area (Å²) in [5, 5.41) is 24.4. The number of hydrogen-bond acceptors (Lipinski definition) is 4. The van der Waals surface area contributed by atoms with Crippen molar-refractivity contribution < 1.29 is 0 Å². The summed E-state index contributed by atoms with van der Waals surface area (Å²) >= 11 is 0. The summed E-state index contributed by atoms with van der Waals surface area (Å²) in [6, 6.07) is 11.1. The summed E-state index contributed by atoms with van der Waals surface area (Å²) in [4.78, 5) is 12.9. The summed E-state index contributed by atoms with van der Waals surface area (Å²) in [6.07, 6.45) is 0. The average Bonchev–Trinajstić information content (AvgIpc) is 2.98. The number of fused-ring (bicyclic) bond motifs is 5. The molecular weight excluding hydrogens is 314 g/mol. The Bertz CT molecular complexity index is 1360. The molecule has 0 aliphatic rings. The number of aryl methyl sites for hydroxylation is 3. The molecule has 0 radical (unpaired) electrons. The van der Waals surface area contributed by atoms with Gasteiger partial charge in [0.25, 0.3) is 5.56 Å². The molecule has 4 aromatic rings. The highest BCUT2D eigenvalue weighted by Gasteiger charge is 2.18. The van der Waals surface area contributed by atoms with Gasteiger partial charge in [-0.05, 0) is 49.2 Å². The largest absolute Gasteiger partial charge is 0.295 e. The molecular formula is C19H13N5O. The number of nitrogens with zero attached hydrogens (tertiary/aromatic N) is 5. The normalized spacial score (nSPS) is 11.1. The van der Waals surface area contributed by atoms with Crippen LogP contribution in [0.25, 0.3) is 27.5 Å². The topological polar surface area (TPSA) is 86.9 Å². The average molecular weight is 327 g/mol. The van der Waals surface area contributed by atoms with Crippen LogP contribution in [0, 0.1) is 36.5 Å². The standard InChI is InChI=1S/C19H13N5O/c1-10-4-12(8-20)6-14-16(10)22-24-17-11(2)5-13(9-21)7-15(17)19(25)23(3)18(14)24/h4-7H,1-3H3. The fourth-order valence-electron chi connectivity index (χ4n) is 3.45. The molecule has 6 heteroatoms. The van der Waals surface area contributed by atoms with E-state index in [-0.39, 0.29) is 5.56 Å². The Labute approximate surface area is 142 Å². The van der Waals surface area contributed by atoms with Crippen molar-refractivity contribution >= 4 is 27.5 Å². The molecule has 0 aliphatic carbocycles. The van der Waals surface area contributed by atoms with Gasteiger partial charge in [0.2, 0.25) is 0 Å². The van der Waals surface area contributed by atoms with E-state index in [0.29, 0.717) is 27.7 Å². The zero-order valence-electron chi connectivity index (χ0n) is 14.0. The van der Waals surface area contributed by atoms with E-state index >= 15 is 0 Å². The van der Waals surface area contributed by atoms with E-state index in [1.165, 1.54) is 4.57 Å². The van der Waals surface area contributed by atoms with Crippen LogP contribution < -0.4 is 5.56 Å². The molecule has 120 valence electrons. The van der Waals surface area contributed by atoms with Gasteiger partial charge in [-0.25, -0.2) is 4.52 Å². The van der Waals surface area contributed by atoms with E-state index in [2.05, 4.69) is 12.1 Å². The van der Waals surface area contributed by atoms with Crippen LogP contribution in [0.4, 0.5) is 0 Å². The molecule has 0 amide bonds. The van der Waals surface area contributed by atoms with Crippen molar-refractivity contribution in [3.63, 3.8) is 0 Å². The van der Waals surface area contributed by atoms with E-state index in [0.717, 1.165) is 22.0 Å². The minimum atomic E-state index is -0.190. The highest BCUT2D eigenvalue weighted by atomic mass is 16.1. The van der Waals surface area contributed by atoms with Gasteiger partial charge in [-0.1, -0.05) is 0 Å². The summed E-state index contributed by atoms with van der Waals surface area (Å²) < 4.78 is 3.27. The minimum Gasteiger partial charge on any atom is -0.295 e. The molecule has 4 rings (SSSR count). The van der Waals surface area contributed by atoms with Gasteiger partial charge in [0.1, 0.15) is 5.65 Å². The quantitative estimate of drug-likeness (QED) is 0.497. The fourth-order valence-corrected chi connectivity index (χ4v) is 3.45. The van der Waals surface area contributed by atoms with Crippen molar-refractivity contribution in [1.82, 2.24) is 14.2 Å². The van der Waals surface area contributed by atoms with Crippen molar-refractivity contribution in [2.45, 2.75) is 13.8 Å². The Balaban J connectivity index is 2.38. The SMILES string of the molecule is Cc1cc(C#N)cc2c1nn1c3c(C)cc(C#N)cc3c(=O)n(C)c21. The van der Waals surface area contributed by atoms with Crippen molar-refractivity contribution in [1.29, 1.82) is 10.5 Å². The van der Waals surface area contributed by atoms with E-state index in [9.17, 15) is 15.3 Å². The number of hydrogen-bond donors (Lipinski definition) is 0. The summed E-state index contributed by atoms with van der Waals surface area (Å²) in [7, 11) is 1.68. The Kier molecular flexibility index (Phi) is 2.94. The minimum absolute atomic E-state index is 0.190. The molecule has 25 heavy (non-hydrogen) atoms. The molecule has 0 aliphatic heterocycles. The number of nitriles is 2. The lowest BCUT2D eigenvalue weighted by atomic mass is 10.1. The lowest BCUT2D eigenvalue weighted by Gasteiger charge is -2.09. The van der Waals surface area contributed by atoms with Crippen molar-refractivity contribution in [3.05, 3.63) is 56.9 Å². The number of rotatable bonds is 0. The number of aromatic nitrogens is 3. The third kappa shape index (κ3) is 1.88. The van der Waals surface area contributed by atoms with Crippen LogP contribution in [0.5, 0.6) is 0 Å². The maximum Gasteiger partial charge on any atom is 0.261 e. The monoisotopic (exact) mass is 327 g/mol. The summed E-state index contributed by atoms with van der Waals surface area (Å²) in [6.45, 7) is 3.76. The van der Waals surface area contributed by atoms with Crippen LogP contribution in [-0.4, -0.2) is 14.2 Å². The molecule has 0 spiro atoms. The second kappa shape index (κ2) is 4.93. The van der Waals surface area contributed by atoms with Crippen LogP contribution in [0.15, 0.2) is 29.1 Å². The third-order valence-corrected chi connectivity index (χ3v) is 4.57. The Hall–Kier alpha value is -3.64. The van der Waals surface area contributed by atoms with E-state index in [1.807, 2.05) is 13.8 Å². The van der Waals surface area contributed by atoms with Gasteiger partial charge in [-0.3, -0.25) is 9.36 Å². The molecule has 0 saturated heterocycles. The molecule has 0 unspecified atom stereocenters. The van der Waals surface area contributed by atoms with Crippen LogP contribution in [0.2, 0.25) is 0 Å². The molecule has 0 bridgehead atoms. The zero-order chi connectivity index (χ0) is 17.9. The van der Waals surface area contributed by atoms with Crippen LogP contribution in [0.1, 0.15) is 22.3 Å². The van der Waals surface area contributed by atoms with Crippen molar-refractivity contribution in [2.24, 2.45) is 7.05 Å². The summed E-state index contributed by atoms with van der Waals surface area (Å²) in [5.74, 6) is 0. The molecule has 6 nitrogen and oxygen atoms in total. The van der Waals surface area contributed by atoms with Crippen LogP contribution in [-0.2, 0) is 7.05 Å². The van der Waals surface area contributed by atoms with Gasteiger partial charge in [0.05, 0.1) is 39.7 Å². The molecule has 0 N–H and O–H groups in total. The predicted octanol–water partition coefficient (Wildman–Crippen LogP) is 2.70. The molecule has 0 fully saturated rings. The van der Waals surface area contributed by atoms with Crippen LogP contribution in [0.3, 0.4) is 0 Å². The second-order valence-corrected chi connectivity index (χ2v) is 6.20. The van der Waals surface area contributed by atoms with Crippen LogP contribution >= 0.6 is 0 Å². The van der Waals surface area contributed by atoms with Gasteiger partial charge in [-0.2, -0.15) is 15.6 Å². The first-order valence-electron chi connectivity index (χ1n) is 7.73. The van der Waals surface area contributed by atoms with E-state index in [4.69, 9.17) is 5.10 Å².